The van der Waals surface area contributed by atoms with Crippen LogP contribution in [0.4, 0.5) is 11.4 Å². The average molecular weight is 478 g/mol. The van der Waals surface area contributed by atoms with E-state index in [2.05, 4.69) is 10.6 Å². The molecule has 174 valence electrons. The summed E-state index contributed by atoms with van der Waals surface area (Å²) in [6.45, 7) is 0.692. The first kappa shape index (κ1) is 23.3. The Kier molecular flexibility index (Phi) is 7.13. The van der Waals surface area contributed by atoms with E-state index in [1.807, 2.05) is 12.1 Å². The zero-order valence-corrected chi connectivity index (χ0v) is 19.3. The van der Waals surface area contributed by atoms with Crippen molar-refractivity contribution in [2.24, 2.45) is 5.92 Å². The molecule has 7 nitrogen and oxygen atoms in total. The molecule has 0 aromatic heterocycles. The molecular formula is C26H24ClN3O4. The zero-order chi connectivity index (χ0) is 24.1. The van der Waals surface area contributed by atoms with E-state index < -0.39 is 5.92 Å². The highest BCUT2D eigenvalue weighted by Gasteiger charge is 2.35. The van der Waals surface area contributed by atoms with Gasteiger partial charge in [-0.15, -0.1) is 0 Å². The van der Waals surface area contributed by atoms with Crippen molar-refractivity contribution in [3.05, 3.63) is 88.9 Å². The van der Waals surface area contributed by atoms with Crippen molar-refractivity contribution in [3.63, 3.8) is 0 Å². The lowest BCUT2D eigenvalue weighted by atomic mass is 10.1. The smallest absolute Gasteiger partial charge is 0.251 e. The summed E-state index contributed by atoms with van der Waals surface area (Å²) in [5.41, 5.74) is 2.72. The van der Waals surface area contributed by atoms with Crippen molar-refractivity contribution in [1.29, 1.82) is 0 Å². The monoisotopic (exact) mass is 477 g/mol. The van der Waals surface area contributed by atoms with Crippen LogP contribution in [0.3, 0.4) is 0 Å². The number of carbonyl (C=O) groups excluding carboxylic acids is 3. The molecule has 4 rings (SSSR count). The summed E-state index contributed by atoms with van der Waals surface area (Å²) in [6.07, 6.45) is 0.142. The van der Waals surface area contributed by atoms with E-state index >= 15 is 0 Å². The van der Waals surface area contributed by atoms with Gasteiger partial charge in [0.2, 0.25) is 11.8 Å². The van der Waals surface area contributed by atoms with Gasteiger partial charge in [0.25, 0.3) is 5.91 Å². The fourth-order valence-electron chi connectivity index (χ4n) is 3.73. The van der Waals surface area contributed by atoms with Crippen LogP contribution in [-0.2, 0) is 16.1 Å². The minimum atomic E-state index is -0.461. The number of carbonyl (C=O) groups is 3. The van der Waals surface area contributed by atoms with Gasteiger partial charge in [0.05, 0.1) is 13.0 Å². The molecule has 0 saturated carbocycles. The molecule has 0 aliphatic carbocycles. The minimum Gasteiger partial charge on any atom is -0.497 e. The zero-order valence-electron chi connectivity index (χ0n) is 18.6. The van der Waals surface area contributed by atoms with Crippen LogP contribution in [0.25, 0.3) is 0 Å². The molecule has 8 heteroatoms. The van der Waals surface area contributed by atoms with Gasteiger partial charge in [0, 0.05) is 41.5 Å². The van der Waals surface area contributed by atoms with Crippen LogP contribution >= 0.6 is 11.6 Å². The fourth-order valence-corrected chi connectivity index (χ4v) is 3.86. The summed E-state index contributed by atoms with van der Waals surface area (Å²) >= 11 is 5.87. The summed E-state index contributed by atoms with van der Waals surface area (Å²) in [5.74, 6) is -0.310. The SMILES string of the molecule is COc1ccc(N2CC(C(=O)Nc3ccc(C(=O)NCc4ccc(Cl)cc4)cc3)CC2=O)cc1. The highest BCUT2D eigenvalue weighted by Crippen LogP contribution is 2.27. The number of benzene rings is 3. The van der Waals surface area contributed by atoms with E-state index in [-0.39, 0.29) is 24.1 Å². The van der Waals surface area contributed by atoms with E-state index in [0.717, 1.165) is 11.3 Å². The Balaban J connectivity index is 1.31. The molecule has 3 aromatic rings. The number of hydrogen-bond donors (Lipinski definition) is 2. The van der Waals surface area contributed by atoms with E-state index in [9.17, 15) is 14.4 Å². The summed E-state index contributed by atoms with van der Waals surface area (Å²) in [7, 11) is 1.58. The third-order valence-electron chi connectivity index (χ3n) is 5.66. The number of ether oxygens (including phenoxy) is 1. The van der Waals surface area contributed by atoms with Gasteiger partial charge in [0.15, 0.2) is 0 Å². The summed E-state index contributed by atoms with van der Waals surface area (Å²) in [6, 6.07) is 21.1. The Morgan fingerprint density at radius 1 is 1.00 bits per heavy atom. The average Bonchev–Trinajstić information content (AvgIpc) is 3.25. The standard InChI is InChI=1S/C26H24ClN3O4/c1-34-23-12-10-22(11-13-23)30-16-19(14-24(30)31)26(33)29-21-8-4-18(5-9-21)25(32)28-15-17-2-6-20(27)7-3-17/h2-13,19H,14-16H2,1H3,(H,28,32)(H,29,33). The number of rotatable bonds is 7. The first-order chi connectivity index (χ1) is 16.4. The quantitative estimate of drug-likeness (QED) is 0.532. The van der Waals surface area contributed by atoms with Crippen molar-refractivity contribution in [2.45, 2.75) is 13.0 Å². The molecule has 1 unspecified atom stereocenters. The van der Waals surface area contributed by atoms with Crippen molar-refractivity contribution in [1.82, 2.24) is 5.32 Å². The van der Waals surface area contributed by atoms with Crippen molar-refractivity contribution in [3.8, 4) is 5.75 Å². The Morgan fingerprint density at radius 2 is 1.68 bits per heavy atom. The second kappa shape index (κ2) is 10.4. The topological polar surface area (TPSA) is 87.7 Å². The predicted octanol–water partition coefficient (Wildman–Crippen LogP) is 4.27. The third-order valence-corrected chi connectivity index (χ3v) is 5.91. The summed E-state index contributed by atoms with van der Waals surface area (Å²) in [5, 5.41) is 6.34. The Labute approximate surface area is 202 Å². The number of halogens is 1. The van der Waals surface area contributed by atoms with Crippen molar-refractivity contribution < 1.29 is 19.1 Å². The molecule has 1 aliphatic rings. The molecule has 0 spiro atoms. The number of methoxy groups -OCH3 is 1. The largest absolute Gasteiger partial charge is 0.497 e. The number of hydrogen-bond acceptors (Lipinski definition) is 4. The van der Waals surface area contributed by atoms with E-state index in [1.54, 1.807) is 72.7 Å². The predicted molar refractivity (Wildman–Crippen MR) is 131 cm³/mol. The highest BCUT2D eigenvalue weighted by molar-refractivity contribution is 6.30. The van der Waals surface area contributed by atoms with Gasteiger partial charge in [-0.1, -0.05) is 23.7 Å². The number of anilines is 2. The molecule has 1 saturated heterocycles. The molecule has 34 heavy (non-hydrogen) atoms. The molecule has 3 amide bonds. The molecule has 2 N–H and O–H groups in total. The molecule has 3 aromatic carbocycles. The lowest BCUT2D eigenvalue weighted by Crippen LogP contribution is -2.28. The van der Waals surface area contributed by atoms with Crippen LogP contribution in [0.15, 0.2) is 72.8 Å². The molecule has 0 bridgehead atoms. The van der Waals surface area contributed by atoms with Crippen LogP contribution in [0.1, 0.15) is 22.3 Å². The van der Waals surface area contributed by atoms with Gasteiger partial charge in [-0.05, 0) is 66.2 Å². The van der Waals surface area contributed by atoms with Crippen LogP contribution in [0.2, 0.25) is 5.02 Å². The molecule has 1 aliphatic heterocycles. The number of amides is 3. The van der Waals surface area contributed by atoms with Crippen LogP contribution in [0, 0.1) is 5.92 Å². The van der Waals surface area contributed by atoms with Gasteiger partial charge < -0.3 is 20.3 Å². The molecular weight excluding hydrogens is 454 g/mol. The number of nitrogens with zero attached hydrogens (tertiary/aromatic N) is 1. The Morgan fingerprint density at radius 3 is 2.32 bits per heavy atom. The van der Waals surface area contributed by atoms with Crippen molar-refractivity contribution in [2.75, 3.05) is 23.9 Å². The van der Waals surface area contributed by atoms with Gasteiger partial charge in [-0.3, -0.25) is 14.4 Å². The first-order valence-corrected chi connectivity index (χ1v) is 11.2. The summed E-state index contributed by atoms with van der Waals surface area (Å²) in [4.78, 5) is 39.2. The minimum absolute atomic E-state index is 0.0991. The molecule has 1 atom stereocenters. The third kappa shape index (κ3) is 5.55. The Bertz CT molecular complexity index is 1180. The first-order valence-electron chi connectivity index (χ1n) is 10.8. The molecule has 0 radical (unpaired) electrons. The molecule has 1 heterocycles. The van der Waals surface area contributed by atoms with Gasteiger partial charge in [0.1, 0.15) is 5.75 Å². The second-order valence-corrected chi connectivity index (χ2v) is 8.42. The lowest BCUT2D eigenvalue weighted by Gasteiger charge is -2.17. The maximum Gasteiger partial charge on any atom is 0.251 e. The van der Waals surface area contributed by atoms with Crippen LogP contribution in [0.5, 0.6) is 5.75 Å². The number of nitrogens with one attached hydrogen (secondary N) is 2. The lowest BCUT2D eigenvalue weighted by molar-refractivity contribution is -0.122. The highest BCUT2D eigenvalue weighted by atomic mass is 35.5. The van der Waals surface area contributed by atoms with Gasteiger partial charge >= 0.3 is 0 Å². The van der Waals surface area contributed by atoms with Crippen molar-refractivity contribution >= 4 is 40.7 Å². The fraction of sp³-hybridized carbons (Fsp3) is 0.192. The van der Waals surface area contributed by atoms with Crippen LogP contribution in [-0.4, -0.2) is 31.4 Å². The van der Waals surface area contributed by atoms with Crippen LogP contribution < -0.4 is 20.3 Å². The van der Waals surface area contributed by atoms with E-state index in [4.69, 9.17) is 16.3 Å². The molecule has 1 fully saturated rings. The maximum atomic E-state index is 12.7. The Hall–Kier alpha value is -3.84. The maximum absolute atomic E-state index is 12.7. The summed E-state index contributed by atoms with van der Waals surface area (Å²) < 4.78 is 5.15. The normalized spacial score (nSPS) is 15.2. The van der Waals surface area contributed by atoms with E-state index in [1.165, 1.54) is 0 Å². The van der Waals surface area contributed by atoms with Gasteiger partial charge in [-0.2, -0.15) is 0 Å². The second-order valence-electron chi connectivity index (χ2n) is 7.98. The van der Waals surface area contributed by atoms with Gasteiger partial charge in [-0.25, -0.2) is 0 Å². The van der Waals surface area contributed by atoms with E-state index in [0.29, 0.717) is 35.1 Å².